The molecule has 134 valence electrons. The molecule has 2 aromatic rings. The van der Waals surface area contributed by atoms with Crippen LogP contribution in [0.4, 0.5) is 0 Å². The van der Waals surface area contributed by atoms with Crippen LogP contribution in [-0.2, 0) is 10.8 Å². The molecule has 3 rings (SSSR count). The Balaban J connectivity index is 2.26. The zero-order chi connectivity index (χ0) is 18.8. The van der Waals surface area contributed by atoms with Gasteiger partial charge in [0.05, 0.1) is 8.07 Å². The van der Waals surface area contributed by atoms with Gasteiger partial charge in [0.2, 0.25) is 0 Å². The van der Waals surface area contributed by atoms with Crippen LogP contribution in [0.25, 0.3) is 11.1 Å². The summed E-state index contributed by atoms with van der Waals surface area (Å²) in [6.45, 7) is 21.5. The maximum atomic E-state index is 2.52. The second-order valence-corrected chi connectivity index (χ2v) is 16.2. The summed E-state index contributed by atoms with van der Waals surface area (Å²) in [6.07, 6.45) is 0. The highest BCUT2D eigenvalue weighted by molar-refractivity contribution is 6.78. The van der Waals surface area contributed by atoms with Crippen LogP contribution >= 0.6 is 0 Å². The Morgan fingerprint density at radius 2 is 1.00 bits per heavy atom. The van der Waals surface area contributed by atoms with Crippen molar-refractivity contribution in [3.63, 3.8) is 0 Å². The molecule has 0 radical (unpaired) electrons. The lowest BCUT2D eigenvalue weighted by molar-refractivity contribution is 0.589. The lowest BCUT2D eigenvalue weighted by Crippen LogP contribution is -2.31. The normalized spacial score (nSPS) is 15.2. The van der Waals surface area contributed by atoms with E-state index in [2.05, 4.69) is 97.6 Å². The molecule has 0 saturated heterocycles. The van der Waals surface area contributed by atoms with E-state index in [-0.39, 0.29) is 10.8 Å². The maximum Gasteiger partial charge on any atom is 0.0574 e. The van der Waals surface area contributed by atoms with Gasteiger partial charge in [0.25, 0.3) is 0 Å². The number of fused-ring (bicyclic) bond motifs is 3. The second kappa shape index (κ2) is 5.58. The van der Waals surface area contributed by atoms with E-state index < -0.39 is 8.07 Å². The van der Waals surface area contributed by atoms with Crippen LogP contribution in [0.5, 0.6) is 0 Å². The molecule has 0 amide bonds. The van der Waals surface area contributed by atoms with Crippen molar-refractivity contribution >= 4 is 8.07 Å². The van der Waals surface area contributed by atoms with E-state index in [0.717, 1.165) is 0 Å². The average molecular weight is 351 g/mol. The van der Waals surface area contributed by atoms with E-state index in [1.54, 1.807) is 11.1 Å². The molecular weight excluding hydrogens is 316 g/mol. The molecule has 0 aromatic heterocycles. The molecular formula is C24H34Si. The van der Waals surface area contributed by atoms with Crippen LogP contribution < -0.4 is 0 Å². The van der Waals surface area contributed by atoms with Gasteiger partial charge in [0, 0.05) is 5.54 Å². The third-order valence-corrected chi connectivity index (χ3v) is 7.97. The maximum absolute atomic E-state index is 2.52. The Hall–Kier alpha value is -1.34. The molecule has 0 bridgehead atoms. The van der Waals surface area contributed by atoms with Crippen molar-refractivity contribution < 1.29 is 0 Å². The van der Waals surface area contributed by atoms with Crippen molar-refractivity contribution in [3.05, 3.63) is 58.7 Å². The first-order valence-electron chi connectivity index (χ1n) is 9.59. The fraction of sp³-hybridized carbons (Fsp3) is 0.500. The molecule has 0 unspecified atom stereocenters. The van der Waals surface area contributed by atoms with Crippen LogP contribution in [0, 0.1) is 0 Å². The van der Waals surface area contributed by atoms with Gasteiger partial charge >= 0.3 is 0 Å². The summed E-state index contributed by atoms with van der Waals surface area (Å²) in [5.74, 6) is 0. The highest BCUT2D eigenvalue weighted by atomic mass is 28.3. The lowest BCUT2D eigenvalue weighted by Gasteiger charge is -2.29. The quantitative estimate of drug-likeness (QED) is 0.474. The fourth-order valence-electron chi connectivity index (χ4n) is 4.13. The van der Waals surface area contributed by atoms with Crippen molar-refractivity contribution in [2.75, 3.05) is 0 Å². The molecule has 1 heteroatoms. The van der Waals surface area contributed by atoms with E-state index in [4.69, 9.17) is 0 Å². The fourth-order valence-corrected chi connectivity index (χ4v) is 6.47. The Kier molecular flexibility index (Phi) is 4.11. The van der Waals surface area contributed by atoms with Gasteiger partial charge in [-0.3, -0.25) is 0 Å². The Morgan fingerprint density at radius 1 is 0.640 bits per heavy atom. The van der Waals surface area contributed by atoms with Crippen LogP contribution in [0.1, 0.15) is 69.3 Å². The summed E-state index contributed by atoms with van der Waals surface area (Å²) in [7, 11) is -1.39. The largest absolute Gasteiger partial charge is 0.0688 e. The summed E-state index contributed by atoms with van der Waals surface area (Å²) < 4.78 is 0. The van der Waals surface area contributed by atoms with Crippen LogP contribution in [0.15, 0.2) is 36.4 Å². The van der Waals surface area contributed by atoms with E-state index >= 15 is 0 Å². The minimum atomic E-state index is -1.39. The van der Waals surface area contributed by atoms with Crippen LogP contribution in [0.3, 0.4) is 0 Å². The highest BCUT2D eigenvalue weighted by Gasteiger charge is 2.39. The van der Waals surface area contributed by atoms with Gasteiger partial charge in [-0.1, -0.05) is 97.6 Å². The minimum absolute atomic E-state index is 0.199. The van der Waals surface area contributed by atoms with E-state index in [9.17, 15) is 0 Å². The average Bonchev–Trinajstić information content (AvgIpc) is 2.77. The van der Waals surface area contributed by atoms with Gasteiger partial charge in [0.15, 0.2) is 0 Å². The van der Waals surface area contributed by atoms with Gasteiger partial charge in [-0.2, -0.15) is 0 Å². The van der Waals surface area contributed by atoms with Gasteiger partial charge < -0.3 is 0 Å². The summed E-state index contributed by atoms with van der Waals surface area (Å²) in [6, 6.07) is 14.5. The molecule has 1 aliphatic rings. The van der Waals surface area contributed by atoms with Gasteiger partial charge in [-0.05, 0) is 44.2 Å². The third kappa shape index (κ3) is 3.24. The molecule has 2 aromatic carbocycles. The van der Waals surface area contributed by atoms with Crippen molar-refractivity contribution in [2.24, 2.45) is 0 Å². The van der Waals surface area contributed by atoms with Crippen LogP contribution in [-0.4, -0.2) is 8.07 Å². The summed E-state index contributed by atoms with van der Waals surface area (Å²) in [5, 5.41) is 0. The molecule has 0 aliphatic heterocycles. The summed E-state index contributed by atoms with van der Waals surface area (Å²) in [5.41, 5.74) is 10.0. The zero-order valence-corrected chi connectivity index (χ0v) is 18.5. The molecule has 0 atom stereocenters. The monoisotopic (exact) mass is 350 g/mol. The topological polar surface area (TPSA) is 0 Å². The van der Waals surface area contributed by atoms with Gasteiger partial charge in [0.1, 0.15) is 0 Å². The number of hydrogen-bond acceptors (Lipinski definition) is 0. The van der Waals surface area contributed by atoms with Crippen molar-refractivity contribution in [1.82, 2.24) is 0 Å². The smallest absolute Gasteiger partial charge is 0.0574 e. The predicted molar refractivity (Wildman–Crippen MR) is 114 cm³/mol. The SMILES string of the molecule is CC(C)(C)c1ccc2c(c1)C([Si](C)(C)C)c1cc(C(C)(C)C)ccc1-2. The molecule has 0 heterocycles. The molecule has 0 N–H and O–H groups in total. The minimum Gasteiger partial charge on any atom is -0.0688 e. The summed E-state index contributed by atoms with van der Waals surface area (Å²) >= 11 is 0. The Labute approximate surface area is 155 Å². The number of rotatable bonds is 1. The van der Waals surface area contributed by atoms with Gasteiger partial charge in [-0.15, -0.1) is 0 Å². The highest BCUT2D eigenvalue weighted by Crippen LogP contribution is 2.50. The molecule has 0 spiro atoms. The first-order chi connectivity index (χ1) is 11.3. The standard InChI is InChI=1S/C24H34Si/c1-23(2,3)16-10-12-18-19-13-11-17(24(4,5)6)15-21(19)22(20(18)14-16)25(7,8)9/h10-15,22H,1-9H3. The zero-order valence-electron chi connectivity index (χ0n) is 17.5. The molecule has 0 fully saturated rings. The lowest BCUT2D eigenvalue weighted by atomic mass is 9.85. The molecule has 0 nitrogen and oxygen atoms in total. The molecule has 0 saturated carbocycles. The van der Waals surface area contributed by atoms with Gasteiger partial charge in [-0.25, -0.2) is 0 Å². The van der Waals surface area contributed by atoms with E-state index in [0.29, 0.717) is 5.54 Å². The number of benzene rings is 2. The number of hydrogen-bond donors (Lipinski definition) is 0. The first kappa shape index (κ1) is 18.4. The predicted octanol–water partition coefficient (Wildman–Crippen LogP) is 7.27. The Bertz CT molecular complexity index is 744. The Morgan fingerprint density at radius 3 is 1.28 bits per heavy atom. The van der Waals surface area contributed by atoms with E-state index in [1.807, 2.05) is 0 Å². The van der Waals surface area contributed by atoms with Crippen molar-refractivity contribution in [1.29, 1.82) is 0 Å². The third-order valence-electron chi connectivity index (χ3n) is 5.61. The van der Waals surface area contributed by atoms with Crippen molar-refractivity contribution in [3.8, 4) is 11.1 Å². The summed E-state index contributed by atoms with van der Waals surface area (Å²) in [4.78, 5) is 0. The second-order valence-electron chi connectivity index (χ2n) is 10.9. The van der Waals surface area contributed by atoms with Crippen molar-refractivity contribution in [2.45, 2.75) is 77.6 Å². The first-order valence-corrected chi connectivity index (χ1v) is 13.2. The van der Waals surface area contributed by atoms with E-state index in [1.165, 1.54) is 22.3 Å². The molecule has 1 aliphatic carbocycles. The molecule has 25 heavy (non-hydrogen) atoms. The van der Waals surface area contributed by atoms with Crippen LogP contribution in [0.2, 0.25) is 19.6 Å².